The van der Waals surface area contributed by atoms with E-state index in [0.29, 0.717) is 6.54 Å². The quantitative estimate of drug-likeness (QED) is 0.843. The van der Waals surface area contributed by atoms with Gasteiger partial charge in [-0.2, -0.15) is 4.31 Å². The first-order valence-corrected chi connectivity index (χ1v) is 7.95. The fourth-order valence-electron chi connectivity index (χ4n) is 1.60. The zero-order chi connectivity index (χ0) is 14.5. The highest BCUT2D eigenvalue weighted by atomic mass is 32.2. The van der Waals surface area contributed by atoms with E-state index < -0.39 is 10.0 Å². The number of hydrogen-bond acceptors (Lipinski definition) is 3. The summed E-state index contributed by atoms with van der Waals surface area (Å²) in [5.41, 5.74) is 1.97. The van der Waals surface area contributed by atoms with Gasteiger partial charge in [0.25, 0.3) is 0 Å². The van der Waals surface area contributed by atoms with Gasteiger partial charge in [-0.05, 0) is 19.4 Å². The van der Waals surface area contributed by atoms with Crippen LogP contribution in [0.4, 0.5) is 0 Å². The average Bonchev–Trinajstić information content (AvgIpc) is 2.30. The van der Waals surface area contributed by atoms with Crippen LogP contribution in [0.25, 0.3) is 0 Å². The minimum absolute atomic E-state index is 0.152. The summed E-state index contributed by atoms with van der Waals surface area (Å²) in [5.74, 6) is -0.292. The third kappa shape index (κ3) is 5.40. The van der Waals surface area contributed by atoms with Crippen LogP contribution in [-0.2, 0) is 21.4 Å². The largest absolute Gasteiger partial charge is 0.355 e. The minimum atomic E-state index is -3.41. The molecule has 1 amide bonds. The van der Waals surface area contributed by atoms with E-state index in [-0.39, 0.29) is 19.0 Å². The molecule has 1 N–H and O–H groups in total. The van der Waals surface area contributed by atoms with E-state index in [4.69, 9.17) is 0 Å². The Hall–Kier alpha value is -1.40. The first kappa shape index (κ1) is 15.7. The van der Waals surface area contributed by atoms with E-state index in [1.54, 1.807) is 6.92 Å². The first-order chi connectivity index (χ1) is 8.82. The SMILES string of the molecule is CCNC(=O)CN(Cc1ccc(C)cc1)S(C)(=O)=O. The number of amides is 1. The fourth-order valence-corrected chi connectivity index (χ4v) is 2.34. The number of nitrogens with zero attached hydrogens (tertiary/aromatic N) is 1. The number of carbonyl (C=O) groups is 1. The number of sulfonamides is 1. The molecule has 1 aromatic rings. The van der Waals surface area contributed by atoms with Crippen LogP contribution in [0.1, 0.15) is 18.1 Å². The molecule has 0 aliphatic rings. The van der Waals surface area contributed by atoms with Crippen molar-refractivity contribution in [3.63, 3.8) is 0 Å². The molecule has 0 aliphatic heterocycles. The lowest BCUT2D eigenvalue weighted by Crippen LogP contribution is -2.39. The highest BCUT2D eigenvalue weighted by Crippen LogP contribution is 2.09. The van der Waals surface area contributed by atoms with E-state index in [2.05, 4.69) is 5.32 Å². The van der Waals surface area contributed by atoms with Crippen molar-refractivity contribution in [3.05, 3.63) is 35.4 Å². The van der Waals surface area contributed by atoms with Gasteiger partial charge in [0.15, 0.2) is 0 Å². The molecule has 0 spiro atoms. The van der Waals surface area contributed by atoms with Gasteiger partial charge in [0, 0.05) is 13.1 Å². The summed E-state index contributed by atoms with van der Waals surface area (Å²) in [7, 11) is -3.41. The van der Waals surface area contributed by atoms with Crippen LogP contribution in [0.3, 0.4) is 0 Å². The number of hydrogen-bond donors (Lipinski definition) is 1. The number of nitrogens with one attached hydrogen (secondary N) is 1. The number of aryl methyl sites for hydroxylation is 1. The summed E-state index contributed by atoms with van der Waals surface area (Å²) in [6.07, 6.45) is 1.11. The number of benzene rings is 1. The predicted molar refractivity (Wildman–Crippen MR) is 75.1 cm³/mol. The molecule has 5 nitrogen and oxygen atoms in total. The van der Waals surface area contributed by atoms with E-state index >= 15 is 0 Å². The molecule has 0 fully saturated rings. The van der Waals surface area contributed by atoms with E-state index in [1.807, 2.05) is 31.2 Å². The van der Waals surface area contributed by atoms with Crippen LogP contribution in [0.15, 0.2) is 24.3 Å². The second kappa shape index (κ2) is 6.68. The maximum atomic E-state index is 11.7. The maximum absolute atomic E-state index is 11.7. The summed E-state index contributed by atoms with van der Waals surface area (Å²) in [6, 6.07) is 7.57. The van der Waals surface area contributed by atoms with Crippen molar-refractivity contribution in [2.75, 3.05) is 19.3 Å². The van der Waals surface area contributed by atoms with Gasteiger partial charge in [0.1, 0.15) is 0 Å². The monoisotopic (exact) mass is 284 g/mol. The number of likely N-dealkylation sites (N-methyl/N-ethyl adjacent to an activating group) is 1. The number of rotatable bonds is 6. The lowest BCUT2D eigenvalue weighted by Gasteiger charge is -2.19. The van der Waals surface area contributed by atoms with Gasteiger partial charge in [0.05, 0.1) is 12.8 Å². The molecule has 0 bridgehead atoms. The van der Waals surface area contributed by atoms with Gasteiger partial charge in [-0.25, -0.2) is 8.42 Å². The molecule has 0 saturated heterocycles. The molecule has 1 rings (SSSR count). The van der Waals surface area contributed by atoms with Crippen molar-refractivity contribution in [1.82, 2.24) is 9.62 Å². The van der Waals surface area contributed by atoms with Crippen molar-refractivity contribution < 1.29 is 13.2 Å². The van der Waals surface area contributed by atoms with Crippen LogP contribution >= 0.6 is 0 Å². The minimum Gasteiger partial charge on any atom is -0.355 e. The van der Waals surface area contributed by atoms with Gasteiger partial charge in [0.2, 0.25) is 15.9 Å². The Morgan fingerprint density at radius 3 is 2.32 bits per heavy atom. The van der Waals surface area contributed by atoms with E-state index in [0.717, 1.165) is 17.4 Å². The van der Waals surface area contributed by atoms with Gasteiger partial charge in [-0.3, -0.25) is 4.79 Å². The summed E-state index contributed by atoms with van der Waals surface area (Å²) in [6.45, 7) is 4.30. The van der Waals surface area contributed by atoms with E-state index in [1.165, 1.54) is 4.31 Å². The Bertz CT molecular complexity index is 523. The molecule has 0 aromatic heterocycles. The van der Waals surface area contributed by atoms with Crippen molar-refractivity contribution in [2.24, 2.45) is 0 Å². The van der Waals surface area contributed by atoms with Gasteiger partial charge < -0.3 is 5.32 Å². The van der Waals surface area contributed by atoms with Crippen molar-refractivity contribution >= 4 is 15.9 Å². The van der Waals surface area contributed by atoms with Crippen LogP contribution < -0.4 is 5.32 Å². The molecule has 0 heterocycles. The van der Waals surface area contributed by atoms with Crippen LogP contribution in [0.2, 0.25) is 0 Å². The van der Waals surface area contributed by atoms with Crippen LogP contribution in [0.5, 0.6) is 0 Å². The average molecular weight is 284 g/mol. The van der Waals surface area contributed by atoms with Crippen molar-refractivity contribution in [2.45, 2.75) is 20.4 Å². The Labute approximate surface area is 114 Å². The molecule has 106 valence electrons. The normalized spacial score (nSPS) is 11.6. The summed E-state index contributed by atoms with van der Waals surface area (Å²) in [5, 5.41) is 2.60. The zero-order valence-corrected chi connectivity index (χ0v) is 12.3. The molecule has 0 aliphatic carbocycles. The molecule has 6 heteroatoms. The summed E-state index contributed by atoms with van der Waals surface area (Å²) >= 11 is 0. The molecule has 19 heavy (non-hydrogen) atoms. The Morgan fingerprint density at radius 1 is 1.26 bits per heavy atom. The highest BCUT2D eigenvalue weighted by molar-refractivity contribution is 7.88. The van der Waals surface area contributed by atoms with Crippen LogP contribution in [-0.4, -0.2) is 38.0 Å². The lowest BCUT2D eigenvalue weighted by molar-refractivity contribution is -0.121. The van der Waals surface area contributed by atoms with Crippen LogP contribution in [0, 0.1) is 6.92 Å². The molecular weight excluding hydrogens is 264 g/mol. The zero-order valence-electron chi connectivity index (χ0n) is 11.5. The topological polar surface area (TPSA) is 66.5 Å². The third-order valence-corrected chi connectivity index (χ3v) is 3.84. The molecular formula is C13H20N2O3S. The maximum Gasteiger partial charge on any atom is 0.235 e. The molecule has 0 atom stereocenters. The summed E-state index contributed by atoms with van der Waals surface area (Å²) in [4.78, 5) is 11.5. The Balaban J connectivity index is 2.81. The van der Waals surface area contributed by atoms with Crippen molar-refractivity contribution in [3.8, 4) is 0 Å². The van der Waals surface area contributed by atoms with E-state index in [9.17, 15) is 13.2 Å². The fraction of sp³-hybridized carbons (Fsp3) is 0.462. The van der Waals surface area contributed by atoms with Crippen molar-refractivity contribution in [1.29, 1.82) is 0 Å². The van der Waals surface area contributed by atoms with Gasteiger partial charge in [-0.15, -0.1) is 0 Å². The first-order valence-electron chi connectivity index (χ1n) is 6.10. The third-order valence-electron chi connectivity index (χ3n) is 2.64. The molecule has 0 saturated carbocycles. The second-order valence-corrected chi connectivity index (χ2v) is 6.45. The lowest BCUT2D eigenvalue weighted by atomic mass is 10.1. The summed E-state index contributed by atoms with van der Waals surface area (Å²) < 4.78 is 24.5. The molecule has 0 radical (unpaired) electrons. The van der Waals surface area contributed by atoms with Gasteiger partial charge in [-0.1, -0.05) is 29.8 Å². The Kier molecular flexibility index (Phi) is 5.50. The van der Waals surface area contributed by atoms with Gasteiger partial charge >= 0.3 is 0 Å². The predicted octanol–water partition coefficient (Wildman–Crippen LogP) is 0.893. The highest BCUT2D eigenvalue weighted by Gasteiger charge is 2.20. The second-order valence-electron chi connectivity index (χ2n) is 4.47. The Morgan fingerprint density at radius 2 is 1.84 bits per heavy atom. The smallest absolute Gasteiger partial charge is 0.235 e. The standard InChI is InChI=1S/C13H20N2O3S/c1-4-14-13(16)10-15(19(3,17)18)9-12-7-5-11(2)6-8-12/h5-8H,4,9-10H2,1-3H3,(H,14,16). The molecule has 1 aromatic carbocycles. The molecule has 0 unspecified atom stereocenters. The number of carbonyl (C=O) groups excluding carboxylic acids is 1.